The lowest BCUT2D eigenvalue weighted by atomic mass is 10.1. The molecule has 140 valence electrons. The van der Waals surface area contributed by atoms with E-state index in [4.69, 9.17) is 4.74 Å². The number of nitrogens with one attached hydrogen (secondary N) is 1. The number of hydrogen-bond acceptors (Lipinski definition) is 3. The Morgan fingerprint density at radius 3 is 2.71 bits per heavy atom. The number of amides is 1. The maximum absolute atomic E-state index is 13.1. The van der Waals surface area contributed by atoms with Crippen molar-refractivity contribution in [3.05, 3.63) is 84.3 Å². The molecule has 0 spiro atoms. The van der Waals surface area contributed by atoms with Crippen LogP contribution in [0.4, 0.5) is 10.2 Å². The Kier molecular flexibility index (Phi) is 4.76. The average molecular weight is 375 g/mol. The zero-order valence-electron chi connectivity index (χ0n) is 15.2. The second-order valence-corrected chi connectivity index (χ2v) is 6.32. The van der Waals surface area contributed by atoms with Gasteiger partial charge in [0.15, 0.2) is 0 Å². The Morgan fingerprint density at radius 2 is 1.93 bits per heavy atom. The Hall–Kier alpha value is -3.67. The van der Waals surface area contributed by atoms with Crippen LogP contribution >= 0.6 is 0 Å². The molecule has 1 N–H and O–H groups in total. The van der Waals surface area contributed by atoms with Crippen molar-refractivity contribution in [1.29, 1.82) is 0 Å². The van der Waals surface area contributed by atoms with Crippen molar-refractivity contribution in [3.63, 3.8) is 0 Å². The molecule has 2 aromatic heterocycles. The summed E-state index contributed by atoms with van der Waals surface area (Å²) in [6.45, 7) is 0. The normalized spacial score (nSPS) is 10.8. The molecular formula is C22H18FN3O2. The van der Waals surface area contributed by atoms with Gasteiger partial charge in [-0.3, -0.25) is 9.20 Å². The Morgan fingerprint density at radius 1 is 1.11 bits per heavy atom. The molecule has 4 aromatic rings. The molecule has 2 heterocycles. The van der Waals surface area contributed by atoms with Gasteiger partial charge in [0.2, 0.25) is 5.91 Å². The lowest BCUT2D eigenvalue weighted by Crippen LogP contribution is -2.16. The van der Waals surface area contributed by atoms with Crippen molar-refractivity contribution in [2.75, 3.05) is 12.4 Å². The number of aromatic nitrogens is 2. The van der Waals surface area contributed by atoms with Gasteiger partial charge in [0.25, 0.3) is 0 Å². The fourth-order valence-corrected chi connectivity index (χ4v) is 3.05. The van der Waals surface area contributed by atoms with Crippen LogP contribution in [-0.2, 0) is 11.2 Å². The van der Waals surface area contributed by atoms with Crippen LogP contribution in [0.15, 0.2) is 72.9 Å². The third-order valence-electron chi connectivity index (χ3n) is 4.41. The lowest BCUT2D eigenvalue weighted by Gasteiger charge is -2.09. The van der Waals surface area contributed by atoms with Gasteiger partial charge in [-0.15, -0.1) is 0 Å². The van der Waals surface area contributed by atoms with Crippen molar-refractivity contribution < 1.29 is 13.9 Å². The maximum Gasteiger partial charge on any atom is 0.229 e. The van der Waals surface area contributed by atoms with Crippen LogP contribution in [0.2, 0.25) is 0 Å². The number of carbonyl (C=O) groups is 1. The first-order valence-corrected chi connectivity index (χ1v) is 8.80. The number of hydrogen-bond donors (Lipinski definition) is 1. The second-order valence-electron chi connectivity index (χ2n) is 6.32. The highest BCUT2D eigenvalue weighted by Gasteiger charge is 2.17. The number of benzene rings is 2. The third kappa shape index (κ3) is 3.57. The van der Waals surface area contributed by atoms with E-state index >= 15 is 0 Å². The van der Waals surface area contributed by atoms with Crippen LogP contribution in [0.25, 0.3) is 16.9 Å². The minimum Gasteiger partial charge on any atom is -0.497 e. The lowest BCUT2D eigenvalue weighted by molar-refractivity contribution is -0.115. The second kappa shape index (κ2) is 7.52. The van der Waals surface area contributed by atoms with Gasteiger partial charge in [-0.25, -0.2) is 9.37 Å². The SMILES string of the molecule is COc1cccc(-c2nc3ccccn3c2NC(=O)Cc2ccc(F)cc2)c1. The first-order valence-electron chi connectivity index (χ1n) is 8.80. The molecule has 6 heteroatoms. The zero-order valence-corrected chi connectivity index (χ0v) is 15.2. The van der Waals surface area contributed by atoms with E-state index in [1.807, 2.05) is 53.1 Å². The van der Waals surface area contributed by atoms with E-state index < -0.39 is 0 Å². The number of carbonyl (C=O) groups excluding carboxylic acids is 1. The summed E-state index contributed by atoms with van der Waals surface area (Å²) in [5.41, 5.74) is 2.94. The molecule has 0 unspecified atom stereocenters. The quantitative estimate of drug-likeness (QED) is 0.565. The predicted octanol–water partition coefficient (Wildman–Crippen LogP) is 4.33. The molecule has 5 nitrogen and oxygen atoms in total. The molecule has 0 aliphatic carbocycles. The summed E-state index contributed by atoms with van der Waals surface area (Å²) in [6.07, 6.45) is 1.98. The molecule has 28 heavy (non-hydrogen) atoms. The van der Waals surface area contributed by atoms with E-state index in [9.17, 15) is 9.18 Å². The zero-order chi connectivity index (χ0) is 19.5. The van der Waals surface area contributed by atoms with Gasteiger partial charge >= 0.3 is 0 Å². The van der Waals surface area contributed by atoms with Gasteiger partial charge in [0.1, 0.15) is 28.7 Å². The molecule has 2 aromatic carbocycles. The van der Waals surface area contributed by atoms with Crippen LogP contribution in [0, 0.1) is 5.82 Å². The topological polar surface area (TPSA) is 55.6 Å². The summed E-state index contributed by atoms with van der Waals surface area (Å²) in [6, 6.07) is 19.1. The summed E-state index contributed by atoms with van der Waals surface area (Å²) in [5.74, 6) is 0.752. The van der Waals surface area contributed by atoms with Gasteiger partial charge in [0, 0.05) is 11.8 Å². The maximum atomic E-state index is 13.1. The highest BCUT2D eigenvalue weighted by Crippen LogP contribution is 2.31. The summed E-state index contributed by atoms with van der Waals surface area (Å²) >= 11 is 0. The summed E-state index contributed by atoms with van der Waals surface area (Å²) in [4.78, 5) is 17.3. The number of methoxy groups -OCH3 is 1. The van der Waals surface area contributed by atoms with E-state index in [1.54, 1.807) is 19.2 Å². The van der Waals surface area contributed by atoms with Crippen LogP contribution in [0.1, 0.15) is 5.56 Å². The fourth-order valence-electron chi connectivity index (χ4n) is 3.05. The summed E-state index contributed by atoms with van der Waals surface area (Å²) in [5, 5.41) is 2.96. The Bertz CT molecular complexity index is 1140. The molecule has 0 saturated carbocycles. The molecule has 4 rings (SSSR count). The van der Waals surface area contributed by atoms with Crippen LogP contribution in [0.5, 0.6) is 5.75 Å². The van der Waals surface area contributed by atoms with E-state index in [0.29, 0.717) is 17.3 Å². The van der Waals surface area contributed by atoms with Crippen molar-refractivity contribution >= 4 is 17.4 Å². The van der Waals surface area contributed by atoms with Crippen molar-refractivity contribution in [3.8, 4) is 17.0 Å². The number of ether oxygens (including phenoxy) is 1. The molecular weight excluding hydrogens is 357 g/mol. The summed E-state index contributed by atoms with van der Waals surface area (Å²) in [7, 11) is 1.61. The molecule has 0 fully saturated rings. The molecule has 1 amide bonds. The molecule has 0 saturated heterocycles. The number of imidazole rings is 1. The monoisotopic (exact) mass is 375 g/mol. The smallest absolute Gasteiger partial charge is 0.229 e. The highest BCUT2D eigenvalue weighted by atomic mass is 19.1. The number of pyridine rings is 1. The van der Waals surface area contributed by atoms with Gasteiger partial charge < -0.3 is 10.1 Å². The molecule has 0 radical (unpaired) electrons. The number of anilines is 1. The fraction of sp³-hybridized carbons (Fsp3) is 0.0909. The predicted molar refractivity (Wildman–Crippen MR) is 106 cm³/mol. The Labute approximate surface area is 161 Å². The average Bonchev–Trinajstić information content (AvgIpc) is 3.08. The van der Waals surface area contributed by atoms with Crippen molar-refractivity contribution in [1.82, 2.24) is 9.38 Å². The first kappa shape index (κ1) is 17.7. The van der Waals surface area contributed by atoms with Gasteiger partial charge in [-0.1, -0.05) is 30.3 Å². The molecule has 0 atom stereocenters. The Balaban J connectivity index is 1.70. The highest BCUT2D eigenvalue weighted by molar-refractivity contribution is 5.95. The molecule has 0 aliphatic heterocycles. The standard InChI is InChI=1S/C22H18FN3O2/c1-28-18-6-4-5-16(14-18)21-22(26-12-3-2-7-19(26)24-21)25-20(27)13-15-8-10-17(23)11-9-15/h2-12,14H,13H2,1H3,(H,25,27). The molecule has 0 aliphatic rings. The molecule has 0 bridgehead atoms. The van der Waals surface area contributed by atoms with Crippen LogP contribution in [0.3, 0.4) is 0 Å². The number of halogens is 1. The van der Waals surface area contributed by atoms with Gasteiger partial charge in [-0.05, 0) is 42.0 Å². The van der Waals surface area contributed by atoms with Gasteiger partial charge in [-0.2, -0.15) is 0 Å². The largest absolute Gasteiger partial charge is 0.497 e. The number of fused-ring (bicyclic) bond motifs is 1. The van der Waals surface area contributed by atoms with Gasteiger partial charge in [0.05, 0.1) is 13.5 Å². The van der Waals surface area contributed by atoms with Crippen molar-refractivity contribution in [2.45, 2.75) is 6.42 Å². The van der Waals surface area contributed by atoms with Crippen LogP contribution in [-0.4, -0.2) is 22.4 Å². The minimum absolute atomic E-state index is 0.137. The minimum atomic E-state index is -0.328. The van der Waals surface area contributed by atoms with E-state index in [2.05, 4.69) is 10.3 Å². The van der Waals surface area contributed by atoms with Crippen LogP contribution < -0.4 is 10.1 Å². The first-order chi connectivity index (χ1) is 13.6. The third-order valence-corrected chi connectivity index (χ3v) is 4.41. The number of rotatable bonds is 5. The number of nitrogens with zero attached hydrogens (tertiary/aromatic N) is 2. The van der Waals surface area contributed by atoms with E-state index in [0.717, 1.165) is 16.8 Å². The van der Waals surface area contributed by atoms with E-state index in [1.165, 1.54) is 12.1 Å². The van der Waals surface area contributed by atoms with E-state index in [-0.39, 0.29) is 18.1 Å². The summed E-state index contributed by atoms with van der Waals surface area (Å²) < 4.78 is 20.2. The van der Waals surface area contributed by atoms with Crippen molar-refractivity contribution in [2.24, 2.45) is 0 Å².